The average Bonchev–Trinajstić information content (AvgIpc) is 2.98. The molecule has 1 aliphatic heterocycles. The van der Waals surface area contributed by atoms with Crippen LogP contribution in [0.15, 0.2) is 18.2 Å². The number of ketones is 1. The molecule has 0 aromatic heterocycles. The minimum absolute atomic E-state index is 0.120. The van der Waals surface area contributed by atoms with E-state index in [-0.39, 0.29) is 5.92 Å². The number of ether oxygens (including phenoxy) is 3. The van der Waals surface area contributed by atoms with Crippen molar-refractivity contribution in [1.82, 2.24) is 10.2 Å². The quantitative estimate of drug-likeness (QED) is 0.245. The van der Waals surface area contributed by atoms with Crippen molar-refractivity contribution < 1.29 is 51.0 Å². The molecule has 2 aliphatic rings. The molecule has 1 N–H and O–H groups in total. The highest BCUT2D eigenvalue weighted by molar-refractivity contribution is 6.09. The second-order valence-electron chi connectivity index (χ2n) is 7.94. The molecule has 186 valence electrons. The van der Waals surface area contributed by atoms with Crippen LogP contribution in [-0.4, -0.2) is 60.5 Å². The molecule has 0 radical (unpaired) electrons. The van der Waals surface area contributed by atoms with Crippen LogP contribution in [-0.2, 0) is 14.3 Å². The zero-order valence-corrected chi connectivity index (χ0v) is 18.0. The maximum absolute atomic E-state index is 12.9. The smallest absolute Gasteiger partial charge is 0.387 e. The van der Waals surface area contributed by atoms with Gasteiger partial charge in [0, 0.05) is 6.07 Å². The van der Waals surface area contributed by atoms with Crippen molar-refractivity contribution in [1.29, 1.82) is 0 Å². The number of imide groups is 1. The van der Waals surface area contributed by atoms with Crippen molar-refractivity contribution in [2.45, 2.75) is 51.4 Å². The first kappa shape index (κ1) is 25.2. The van der Waals surface area contributed by atoms with E-state index in [4.69, 9.17) is 4.74 Å². The third kappa shape index (κ3) is 5.39. The molecule has 1 aliphatic carbocycles. The van der Waals surface area contributed by atoms with E-state index in [0.29, 0.717) is 12.5 Å². The van der Waals surface area contributed by atoms with Gasteiger partial charge in [-0.1, -0.05) is 19.8 Å². The van der Waals surface area contributed by atoms with Crippen LogP contribution in [0, 0.1) is 5.92 Å². The first-order valence-corrected chi connectivity index (χ1v) is 10.4. The number of rotatable bonds is 9. The van der Waals surface area contributed by atoms with Gasteiger partial charge in [0.2, 0.25) is 5.78 Å². The fourth-order valence-corrected chi connectivity index (χ4v) is 4.14. The van der Waals surface area contributed by atoms with Crippen molar-refractivity contribution in [2.24, 2.45) is 5.92 Å². The number of esters is 1. The predicted octanol–water partition coefficient (Wildman–Crippen LogP) is 3.12. The minimum Gasteiger partial charge on any atom is -0.456 e. The van der Waals surface area contributed by atoms with E-state index >= 15 is 0 Å². The van der Waals surface area contributed by atoms with Crippen LogP contribution >= 0.6 is 0 Å². The van der Waals surface area contributed by atoms with E-state index in [1.807, 2.05) is 6.92 Å². The third-order valence-corrected chi connectivity index (χ3v) is 5.85. The van der Waals surface area contributed by atoms with Crippen LogP contribution in [0.4, 0.5) is 22.4 Å². The number of Topliss-reactive ketones (excluding diaryl/α,β-unsaturated/α-hetero) is 1. The molecule has 1 saturated heterocycles. The average molecular weight is 490 g/mol. The molecule has 1 saturated carbocycles. The monoisotopic (exact) mass is 490 g/mol. The molecule has 0 bridgehead atoms. The van der Waals surface area contributed by atoms with Gasteiger partial charge < -0.3 is 19.5 Å². The van der Waals surface area contributed by atoms with Crippen LogP contribution in [0.5, 0.6) is 11.5 Å². The molecule has 34 heavy (non-hydrogen) atoms. The standard InChI is InChI=1S/C21H22F4N2O7/c1-11-4-2-3-7-21(11)17(30)27(20(31)26-21)9-16(29)32-10-14(28)13-6-5-12(33-18(22)23)8-15(13)34-19(24)25/h5-6,8,11,18-19H,2-4,7,9-10H2,1H3,(H,26,31)/t11-,21-/m1/s1. The number of nitrogens with zero attached hydrogens (tertiary/aromatic N) is 1. The zero-order chi connectivity index (χ0) is 25.0. The van der Waals surface area contributed by atoms with Crippen molar-refractivity contribution in [3.05, 3.63) is 23.8 Å². The zero-order valence-electron chi connectivity index (χ0n) is 18.0. The molecule has 13 heteroatoms. The Morgan fingerprint density at radius 3 is 2.50 bits per heavy atom. The van der Waals surface area contributed by atoms with E-state index in [1.54, 1.807) is 0 Å². The van der Waals surface area contributed by atoms with Gasteiger partial charge in [-0.05, 0) is 30.9 Å². The Morgan fingerprint density at radius 2 is 1.85 bits per heavy atom. The number of hydrogen-bond acceptors (Lipinski definition) is 7. The van der Waals surface area contributed by atoms with Crippen LogP contribution in [0.25, 0.3) is 0 Å². The van der Waals surface area contributed by atoms with Crippen LogP contribution in [0.2, 0.25) is 0 Å². The lowest BCUT2D eigenvalue weighted by Crippen LogP contribution is -2.54. The van der Waals surface area contributed by atoms with Crippen molar-refractivity contribution in [3.63, 3.8) is 0 Å². The largest absolute Gasteiger partial charge is 0.456 e. The Hall–Kier alpha value is -3.38. The first-order valence-electron chi connectivity index (χ1n) is 10.4. The fraction of sp³-hybridized carbons (Fsp3) is 0.524. The van der Waals surface area contributed by atoms with Crippen LogP contribution < -0.4 is 14.8 Å². The van der Waals surface area contributed by atoms with Gasteiger partial charge in [0.1, 0.15) is 23.6 Å². The molecule has 9 nitrogen and oxygen atoms in total. The molecule has 1 heterocycles. The van der Waals surface area contributed by atoms with E-state index in [0.717, 1.165) is 36.3 Å². The first-order chi connectivity index (χ1) is 16.0. The Bertz CT molecular complexity index is 974. The van der Waals surface area contributed by atoms with Gasteiger partial charge in [-0.3, -0.25) is 19.3 Å². The van der Waals surface area contributed by atoms with Crippen molar-refractivity contribution in [3.8, 4) is 11.5 Å². The lowest BCUT2D eigenvalue weighted by atomic mass is 9.73. The minimum atomic E-state index is -3.37. The summed E-state index contributed by atoms with van der Waals surface area (Å²) in [5.74, 6) is -4.01. The Balaban J connectivity index is 1.63. The number of amides is 3. The van der Waals surface area contributed by atoms with Gasteiger partial charge in [0.05, 0.1) is 5.56 Å². The number of alkyl halides is 4. The molecule has 3 amide bonds. The number of hydrogen-bond donors (Lipinski definition) is 1. The van der Waals surface area contributed by atoms with Gasteiger partial charge in [-0.15, -0.1) is 0 Å². The van der Waals surface area contributed by atoms with Crippen molar-refractivity contribution >= 4 is 23.7 Å². The lowest BCUT2D eigenvalue weighted by Gasteiger charge is -2.36. The van der Waals surface area contributed by atoms with Crippen molar-refractivity contribution in [2.75, 3.05) is 13.2 Å². The van der Waals surface area contributed by atoms with Gasteiger partial charge in [-0.25, -0.2) is 4.79 Å². The number of nitrogens with one attached hydrogen (secondary N) is 1. The van der Waals surface area contributed by atoms with Crippen LogP contribution in [0.1, 0.15) is 43.0 Å². The third-order valence-electron chi connectivity index (χ3n) is 5.85. The highest BCUT2D eigenvalue weighted by Gasteiger charge is 2.55. The van der Waals surface area contributed by atoms with E-state index in [9.17, 15) is 36.7 Å². The second-order valence-corrected chi connectivity index (χ2v) is 7.94. The molecule has 0 unspecified atom stereocenters. The van der Waals surface area contributed by atoms with Gasteiger partial charge in [0.25, 0.3) is 5.91 Å². The summed E-state index contributed by atoms with van der Waals surface area (Å²) < 4.78 is 63.1. The number of halogens is 4. The molecular formula is C21H22F4N2O7. The summed E-state index contributed by atoms with van der Waals surface area (Å²) in [6.07, 6.45) is 2.85. The molecule has 2 fully saturated rings. The summed E-state index contributed by atoms with van der Waals surface area (Å²) in [4.78, 5) is 50.5. The topological polar surface area (TPSA) is 111 Å². The van der Waals surface area contributed by atoms with Crippen LogP contribution in [0.3, 0.4) is 0 Å². The summed E-state index contributed by atoms with van der Waals surface area (Å²) in [7, 11) is 0. The highest BCUT2D eigenvalue weighted by atomic mass is 19.3. The number of urea groups is 1. The SMILES string of the molecule is C[C@@H]1CCCC[C@@]12NC(=O)N(CC(=O)OCC(=O)c1ccc(OC(F)F)cc1OC(F)F)C2=O. The number of carbonyl (C=O) groups is 4. The normalized spacial score (nSPS) is 22.3. The van der Waals surface area contributed by atoms with Gasteiger partial charge in [0.15, 0.2) is 6.61 Å². The molecule has 1 aromatic rings. The molecule has 3 rings (SSSR count). The van der Waals surface area contributed by atoms with Gasteiger partial charge in [-0.2, -0.15) is 17.6 Å². The van der Waals surface area contributed by atoms with E-state index in [1.165, 1.54) is 0 Å². The summed E-state index contributed by atoms with van der Waals surface area (Å²) in [6, 6.07) is 1.75. The maximum atomic E-state index is 12.9. The second kappa shape index (κ2) is 10.3. The summed E-state index contributed by atoms with van der Waals surface area (Å²) in [5, 5.41) is 2.67. The van der Waals surface area contributed by atoms with Gasteiger partial charge >= 0.3 is 25.2 Å². The Kier molecular flexibility index (Phi) is 7.62. The fourth-order valence-electron chi connectivity index (χ4n) is 4.14. The summed E-state index contributed by atoms with van der Waals surface area (Å²) in [6.45, 7) is -6.44. The molecule has 1 aromatic carbocycles. The predicted molar refractivity (Wildman–Crippen MR) is 106 cm³/mol. The summed E-state index contributed by atoms with van der Waals surface area (Å²) in [5.41, 5.74) is -1.55. The summed E-state index contributed by atoms with van der Waals surface area (Å²) >= 11 is 0. The maximum Gasteiger partial charge on any atom is 0.387 e. The molecular weight excluding hydrogens is 468 g/mol. The van der Waals surface area contributed by atoms with E-state index < -0.39 is 72.7 Å². The highest BCUT2D eigenvalue weighted by Crippen LogP contribution is 2.38. The molecule has 2 atom stereocenters. The Labute approximate surface area is 191 Å². The molecule has 1 spiro atoms. The number of carbonyl (C=O) groups excluding carboxylic acids is 4. The van der Waals surface area contributed by atoms with E-state index in [2.05, 4.69) is 14.8 Å². The Morgan fingerprint density at radius 1 is 1.15 bits per heavy atom. The number of benzene rings is 1. The lowest BCUT2D eigenvalue weighted by molar-refractivity contribution is -0.147.